The Bertz CT molecular complexity index is 1200. The van der Waals surface area contributed by atoms with Crippen LogP contribution in [0.2, 0.25) is 0 Å². The molecule has 0 fully saturated rings. The number of unbranched alkanes of at least 4 members (excludes halogenated alkanes) is 16. The summed E-state index contributed by atoms with van der Waals surface area (Å²) in [6.07, 6.45) is 25.0. The minimum atomic E-state index is -0.376. The second kappa shape index (κ2) is 23.8. The number of benzene rings is 3. The Morgan fingerprint density at radius 2 is 0.913 bits per heavy atom. The molecule has 0 aliphatic carbocycles. The third-order valence-corrected chi connectivity index (χ3v) is 8.43. The second-order valence-corrected chi connectivity index (χ2v) is 12.4. The molecule has 0 radical (unpaired) electrons. The fourth-order valence-electron chi connectivity index (χ4n) is 5.56. The zero-order chi connectivity index (χ0) is 32.5. The highest BCUT2D eigenvalue weighted by Gasteiger charge is 2.09. The van der Waals surface area contributed by atoms with Gasteiger partial charge in [-0.2, -0.15) is 0 Å². The first-order valence-electron chi connectivity index (χ1n) is 18.1. The van der Waals surface area contributed by atoms with Crippen LogP contribution in [0.25, 0.3) is 11.1 Å². The molecule has 0 atom stereocenters. The van der Waals surface area contributed by atoms with E-state index >= 15 is 0 Å². The van der Waals surface area contributed by atoms with Gasteiger partial charge in [-0.05, 0) is 85.3 Å². The van der Waals surface area contributed by atoms with Gasteiger partial charge in [-0.25, -0.2) is 4.79 Å². The van der Waals surface area contributed by atoms with Crippen molar-refractivity contribution >= 4 is 5.97 Å². The quantitative estimate of drug-likeness (QED) is 0.0385. The molecule has 0 aromatic heterocycles. The summed E-state index contributed by atoms with van der Waals surface area (Å²) >= 11 is 0. The Morgan fingerprint density at radius 1 is 0.522 bits per heavy atom. The second-order valence-electron chi connectivity index (χ2n) is 12.4. The molecule has 0 aliphatic rings. The number of ether oxygens (including phenoxy) is 3. The molecule has 46 heavy (non-hydrogen) atoms. The molecule has 4 heteroatoms. The summed E-state index contributed by atoms with van der Waals surface area (Å²) in [7, 11) is 0. The molecule has 4 nitrogen and oxygen atoms in total. The highest BCUT2D eigenvalue weighted by Crippen LogP contribution is 2.25. The molecular weight excluding hydrogens is 568 g/mol. The predicted octanol–water partition coefficient (Wildman–Crippen LogP) is 12.6. The van der Waals surface area contributed by atoms with E-state index in [-0.39, 0.29) is 5.97 Å². The molecule has 3 aromatic rings. The summed E-state index contributed by atoms with van der Waals surface area (Å²) in [5.74, 6) is 1.83. The fraction of sp³-hybridized carbons (Fsp3) is 0.500. The van der Waals surface area contributed by atoms with Gasteiger partial charge in [0.25, 0.3) is 0 Å². The first-order chi connectivity index (χ1) is 22.7. The maximum atomic E-state index is 12.7. The van der Waals surface area contributed by atoms with Gasteiger partial charge >= 0.3 is 5.97 Å². The van der Waals surface area contributed by atoms with Crippen LogP contribution in [0.15, 0.2) is 85.5 Å². The number of allylic oxidation sites excluding steroid dienone is 1. The Labute approximate surface area is 279 Å². The normalized spacial score (nSPS) is 10.9. The zero-order valence-corrected chi connectivity index (χ0v) is 28.5. The summed E-state index contributed by atoms with van der Waals surface area (Å²) in [4.78, 5) is 12.7. The summed E-state index contributed by atoms with van der Waals surface area (Å²) in [6.45, 7) is 7.51. The van der Waals surface area contributed by atoms with Crippen LogP contribution in [0.4, 0.5) is 0 Å². The number of esters is 1. The molecular formula is C42H58O4. The molecule has 250 valence electrons. The predicted molar refractivity (Wildman–Crippen MR) is 193 cm³/mol. The average molecular weight is 627 g/mol. The van der Waals surface area contributed by atoms with Gasteiger partial charge in [0, 0.05) is 0 Å². The lowest BCUT2D eigenvalue weighted by Gasteiger charge is -2.09. The van der Waals surface area contributed by atoms with Crippen molar-refractivity contribution in [3.63, 3.8) is 0 Å². The summed E-state index contributed by atoms with van der Waals surface area (Å²) in [5.41, 5.74) is 2.66. The van der Waals surface area contributed by atoms with Crippen LogP contribution in [0, 0.1) is 0 Å². The van der Waals surface area contributed by atoms with Crippen LogP contribution in [-0.2, 0) is 0 Å². The fourth-order valence-corrected chi connectivity index (χ4v) is 5.56. The highest BCUT2D eigenvalue weighted by atomic mass is 16.5. The number of hydrogen-bond acceptors (Lipinski definition) is 4. The first-order valence-corrected chi connectivity index (χ1v) is 18.1. The molecule has 0 amide bonds. The lowest BCUT2D eigenvalue weighted by atomic mass is 10.1. The van der Waals surface area contributed by atoms with Gasteiger partial charge in [0.1, 0.15) is 17.2 Å². The van der Waals surface area contributed by atoms with E-state index in [9.17, 15) is 4.79 Å². The third-order valence-electron chi connectivity index (χ3n) is 8.43. The van der Waals surface area contributed by atoms with Gasteiger partial charge in [-0.3, -0.25) is 0 Å². The van der Waals surface area contributed by atoms with E-state index in [1.807, 2.05) is 54.6 Å². The van der Waals surface area contributed by atoms with E-state index in [1.165, 1.54) is 96.3 Å². The van der Waals surface area contributed by atoms with Crippen LogP contribution in [0.5, 0.6) is 17.2 Å². The largest absolute Gasteiger partial charge is 0.494 e. The van der Waals surface area contributed by atoms with Crippen LogP contribution < -0.4 is 14.2 Å². The van der Waals surface area contributed by atoms with Gasteiger partial charge in [-0.15, -0.1) is 6.58 Å². The molecule has 0 aliphatic heterocycles. The van der Waals surface area contributed by atoms with E-state index in [2.05, 4.69) is 25.6 Å². The molecule has 0 unspecified atom stereocenters. The van der Waals surface area contributed by atoms with Crippen molar-refractivity contribution in [3.05, 3.63) is 91.0 Å². The number of rotatable bonds is 26. The van der Waals surface area contributed by atoms with Gasteiger partial charge < -0.3 is 14.2 Å². The van der Waals surface area contributed by atoms with Gasteiger partial charge in [0.15, 0.2) is 0 Å². The van der Waals surface area contributed by atoms with Gasteiger partial charge in [0.2, 0.25) is 0 Å². The van der Waals surface area contributed by atoms with E-state index in [1.54, 1.807) is 12.1 Å². The summed E-state index contributed by atoms with van der Waals surface area (Å²) in [5, 5.41) is 0. The van der Waals surface area contributed by atoms with Crippen molar-refractivity contribution in [2.45, 2.75) is 122 Å². The summed E-state index contributed by atoms with van der Waals surface area (Å²) in [6, 6.07) is 23.0. The van der Waals surface area contributed by atoms with Crippen molar-refractivity contribution in [3.8, 4) is 28.4 Å². The number of hydrogen-bond donors (Lipinski definition) is 0. The Kier molecular flexibility index (Phi) is 19.1. The Balaban J connectivity index is 1.29. The van der Waals surface area contributed by atoms with Crippen LogP contribution in [0.1, 0.15) is 133 Å². The highest BCUT2D eigenvalue weighted by molar-refractivity contribution is 5.91. The van der Waals surface area contributed by atoms with E-state index in [0.717, 1.165) is 48.5 Å². The lowest BCUT2D eigenvalue weighted by Crippen LogP contribution is -2.08. The van der Waals surface area contributed by atoms with Crippen LogP contribution >= 0.6 is 0 Å². The van der Waals surface area contributed by atoms with E-state index < -0.39 is 0 Å². The standard InChI is InChI=1S/C42H58O4/c1-3-5-7-9-11-13-15-17-19-21-35-45-40-30-26-38(27-31-40)42(43)46-41-32-24-37(25-33-41)36-22-28-39(29-23-36)44-34-20-18-16-14-12-10-8-6-4-2/h4,22-33H,2-3,5-21,34-35H2,1H3. The molecule has 0 spiro atoms. The molecule has 0 saturated heterocycles. The van der Waals surface area contributed by atoms with E-state index in [0.29, 0.717) is 17.9 Å². The molecule has 3 rings (SSSR count). The van der Waals surface area contributed by atoms with Gasteiger partial charge in [0.05, 0.1) is 18.8 Å². The molecule has 0 bridgehead atoms. The average Bonchev–Trinajstić information content (AvgIpc) is 3.09. The minimum Gasteiger partial charge on any atom is -0.494 e. The molecule has 0 heterocycles. The van der Waals surface area contributed by atoms with Crippen molar-refractivity contribution in [2.75, 3.05) is 13.2 Å². The topological polar surface area (TPSA) is 44.8 Å². The SMILES string of the molecule is C=CCCCCCCCCCOc1ccc(-c2ccc(OC(=O)c3ccc(OCCCCCCCCCCCC)cc3)cc2)cc1. The zero-order valence-electron chi connectivity index (χ0n) is 28.5. The van der Waals surface area contributed by atoms with Crippen LogP contribution in [0.3, 0.4) is 0 Å². The minimum absolute atomic E-state index is 0.376. The number of carbonyl (C=O) groups excluding carboxylic acids is 1. The van der Waals surface area contributed by atoms with Crippen molar-refractivity contribution in [2.24, 2.45) is 0 Å². The third kappa shape index (κ3) is 15.7. The Morgan fingerprint density at radius 3 is 1.37 bits per heavy atom. The van der Waals surface area contributed by atoms with Crippen molar-refractivity contribution in [1.82, 2.24) is 0 Å². The van der Waals surface area contributed by atoms with Crippen molar-refractivity contribution < 1.29 is 19.0 Å². The molecule has 0 saturated carbocycles. The molecule has 3 aromatic carbocycles. The maximum Gasteiger partial charge on any atom is 0.343 e. The Hall–Kier alpha value is -3.53. The molecule has 0 N–H and O–H groups in total. The van der Waals surface area contributed by atoms with E-state index in [4.69, 9.17) is 14.2 Å². The monoisotopic (exact) mass is 626 g/mol. The smallest absolute Gasteiger partial charge is 0.343 e. The summed E-state index contributed by atoms with van der Waals surface area (Å²) < 4.78 is 17.4. The number of carbonyl (C=O) groups is 1. The lowest BCUT2D eigenvalue weighted by molar-refractivity contribution is 0.0734. The van der Waals surface area contributed by atoms with Crippen LogP contribution in [-0.4, -0.2) is 19.2 Å². The van der Waals surface area contributed by atoms with Crippen molar-refractivity contribution in [1.29, 1.82) is 0 Å². The maximum absolute atomic E-state index is 12.7. The first kappa shape index (κ1) is 36.9. The van der Waals surface area contributed by atoms with Gasteiger partial charge in [-0.1, -0.05) is 127 Å².